The van der Waals surface area contributed by atoms with Gasteiger partial charge in [0.2, 0.25) is 0 Å². The Morgan fingerprint density at radius 3 is 1.98 bits per heavy atom. The van der Waals surface area contributed by atoms with E-state index in [0.717, 1.165) is 39.0 Å². The van der Waals surface area contributed by atoms with Crippen LogP contribution in [0.5, 0.6) is 0 Å². The lowest BCUT2D eigenvalue weighted by Crippen LogP contribution is -2.11. The molecular weight excluding hydrogens is 663 g/mol. The predicted molar refractivity (Wildman–Crippen MR) is 227 cm³/mol. The van der Waals surface area contributed by atoms with E-state index in [9.17, 15) is 0 Å². The molecule has 0 atom stereocenters. The first-order chi connectivity index (χ1) is 26.3. The highest BCUT2D eigenvalue weighted by atomic mass is 32.1. The van der Waals surface area contributed by atoms with E-state index in [1.807, 2.05) is 17.4 Å². The number of fused-ring (bicyclic) bond motifs is 9. The summed E-state index contributed by atoms with van der Waals surface area (Å²) in [5, 5.41) is 9.65. The molecule has 11 aromatic rings. The molecule has 0 bridgehead atoms. The topological polar surface area (TPSA) is 16.4 Å². The fourth-order valence-electron chi connectivity index (χ4n) is 8.16. The number of para-hydroxylation sites is 2. The summed E-state index contributed by atoms with van der Waals surface area (Å²) in [6, 6.07) is 67.9. The van der Waals surface area contributed by atoms with Crippen LogP contribution in [0.25, 0.3) is 85.9 Å². The number of hydrogen-bond donors (Lipinski definition) is 0. The molecule has 0 N–H and O–H groups in total. The normalized spacial score (nSPS) is 11.8. The summed E-state index contributed by atoms with van der Waals surface area (Å²) >= 11 is 1.88. The molecule has 0 aliphatic heterocycles. The van der Waals surface area contributed by atoms with Crippen molar-refractivity contribution in [3.63, 3.8) is 0 Å². The molecule has 248 valence electrons. The van der Waals surface area contributed by atoms with Crippen LogP contribution in [0.1, 0.15) is 0 Å². The molecule has 0 amide bonds. The van der Waals surface area contributed by atoms with Gasteiger partial charge in [0.25, 0.3) is 0 Å². The third kappa shape index (κ3) is 4.78. The van der Waals surface area contributed by atoms with Crippen molar-refractivity contribution >= 4 is 92.1 Å². The first kappa shape index (κ1) is 30.0. The van der Waals surface area contributed by atoms with Gasteiger partial charge in [0.15, 0.2) is 5.58 Å². The van der Waals surface area contributed by atoms with Crippen molar-refractivity contribution in [2.24, 2.45) is 0 Å². The molecule has 3 heteroatoms. The average Bonchev–Trinajstić information content (AvgIpc) is 3.81. The van der Waals surface area contributed by atoms with Gasteiger partial charge in [0, 0.05) is 36.6 Å². The third-order valence-electron chi connectivity index (χ3n) is 10.6. The van der Waals surface area contributed by atoms with Crippen molar-refractivity contribution in [1.82, 2.24) is 0 Å². The monoisotopic (exact) mass is 693 g/mol. The lowest BCUT2D eigenvalue weighted by atomic mass is 9.98. The second kappa shape index (κ2) is 11.9. The Morgan fingerprint density at radius 2 is 1.11 bits per heavy atom. The SMILES string of the molecule is c1ccc(-c2ccc3c(c2)sc2c(-c4ccccc4)ccc(N(c4ccc5c(ccc6ccccc65)c4)c4cccc5c4oc4ccccc45)c23)cc1. The number of furan rings is 1. The standard InChI is InChI=1S/C50H31NOS/c1-3-12-32(13-4-1)35-24-26-43-47(31-35)53-50-40(33-14-5-2-6-15-33)28-29-44(48(43)50)51(45-20-11-19-42-41-18-9-10-21-46(41)52-49(42)45)37-25-27-39-36(30-37)23-22-34-16-7-8-17-38(34)39/h1-31H. The molecule has 9 aromatic carbocycles. The molecular formula is C50H31NOS. The van der Waals surface area contributed by atoms with Crippen LogP contribution in [-0.4, -0.2) is 0 Å². The van der Waals surface area contributed by atoms with Crippen LogP contribution in [0.4, 0.5) is 17.1 Å². The zero-order valence-corrected chi connectivity index (χ0v) is 29.5. The van der Waals surface area contributed by atoms with Gasteiger partial charge in [-0.25, -0.2) is 0 Å². The van der Waals surface area contributed by atoms with Gasteiger partial charge >= 0.3 is 0 Å². The summed E-state index contributed by atoms with van der Waals surface area (Å²) in [7, 11) is 0. The van der Waals surface area contributed by atoms with Crippen LogP contribution < -0.4 is 4.90 Å². The summed E-state index contributed by atoms with van der Waals surface area (Å²) in [5.41, 5.74) is 9.85. The lowest BCUT2D eigenvalue weighted by molar-refractivity contribution is 0.669. The van der Waals surface area contributed by atoms with Gasteiger partial charge < -0.3 is 9.32 Å². The van der Waals surface area contributed by atoms with E-state index in [4.69, 9.17) is 4.42 Å². The zero-order valence-electron chi connectivity index (χ0n) is 28.7. The fraction of sp³-hybridized carbons (Fsp3) is 0. The quantitative estimate of drug-likeness (QED) is 0.167. The van der Waals surface area contributed by atoms with Crippen LogP contribution in [0.3, 0.4) is 0 Å². The molecule has 53 heavy (non-hydrogen) atoms. The molecule has 0 saturated heterocycles. The van der Waals surface area contributed by atoms with E-state index in [1.165, 1.54) is 64.0 Å². The summed E-state index contributed by atoms with van der Waals surface area (Å²) in [5.74, 6) is 0. The molecule has 11 rings (SSSR count). The Morgan fingerprint density at radius 1 is 0.415 bits per heavy atom. The van der Waals surface area contributed by atoms with E-state index < -0.39 is 0 Å². The van der Waals surface area contributed by atoms with E-state index >= 15 is 0 Å². The highest BCUT2D eigenvalue weighted by Gasteiger charge is 2.24. The van der Waals surface area contributed by atoms with Crippen LogP contribution in [0.2, 0.25) is 0 Å². The molecule has 0 saturated carbocycles. The predicted octanol–water partition coefficient (Wildman–Crippen LogP) is 15.1. The fourth-order valence-corrected chi connectivity index (χ4v) is 9.46. The number of rotatable bonds is 5. The highest BCUT2D eigenvalue weighted by molar-refractivity contribution is 7.26. The second-order valence-corrected chi connectivity index (χ2v) is 14.7. The Hall–Kier alpha value is -6.68. The second-order valence-electron chi connectivity index (χ2n) is 13.7. The molecule has 0 radical (unpaired) electrons. The molecule has 0 unspecified atom stereocenters. The van der Waals surface area contributed by atoms with Crippen LogP contribution in [0, 0.1) is 0 Å². The van der Waals surface area contributed by atoms with Crippen LogP contribution >= 0.6 is 11.3 Å². The largest absolute Gasteiger partial charge is 0.454 e. The molecule has 0 fully saturated rings. The number of anilines is 3. The Bertz CT molecular complexity index is 3180. The maximum Gasteiger partial charge on any atom is 0.159 e. The van der Waals surface area contributed by atoms with Crippen molar-refractivity contribution in [2.45, 2.75) is 0 Å². The van der Waals surface area contributed by atoms with Crippen molar-refractivity contribution in [2.75, 3.05) is 4.90 Å². The van der Waals surface area contributed by atoms with E-state index in [1.54, 1.807) is 0 Å². The summed E-state index contributed by atoms with van der Waals surface area (Å²) < 4.78 is 9.28. The average molecular weight is 694 g/mol. The summed E-state index contributed by atoms with van der Waals surface area (Å²) in [4.78, 5) is 2.42. The highest BCUT2D eigenvalue weighted by Crippen LogP contribution is 2.51. The van der Waals surface area contributed by atoms with Gasteiger partial charge in [-0.2, -0.15) is 0 Å². The van der Waals surface area contributed by atoms with Gasteiger partial charge in [0.1, 0.15) is 5.58 Å². The van der Waals surface area contributed by atoms with Crippen LogP contribution in [0.15, 0.2) is 192 Å². The van der Waals surface area contributed by atoms with Crippen LogP contribution in [-0.2, 0) is 0 Å². The number of nitrogens with zero attached hydrogens (tertiary/aromatic N) is 1. The van der Waals surface area contributed by atoms with E-state index in [0.29, 0.717) is 0 Å². The molecule has 2 nitrogen and oxygen atoms in total. The number of benzene rings is 9. The van der Waals surface area contributed by atoms with Crippen molar-refractivity contribution in [3.05, 3.63) is 188 Å². The third-order valence-corrected chi connectivity index (χ3v) is 11.8. The summed E-state index contributed by atoms with van der Waals surface area (Å²) in [6.07, 6.45) is 0. The van der Waals surface area contributed by atoms with Gasteiger partial charge in [0.05, 0.1) is 11.4 Å². The molecule has 2 aromatic heterocycles. The van der Waals surface area contributed by atoms with Gasteiger partial charge in [-0.05, 0) is 80.2 Å². The Kier molecular flexibility index (Phi) is 6.76. The van der Waals surface area contributed by atoms with Gasteiger partial charge in [-0.1, -0.05) is 152 Å². The molecule has 2 heterocycles. The number of hydrogen-bond acceptors (Lipinski definition) is 3. The first-order valence-electron chi connectivity index (χ1n) is 18.0. The molecule has 0 aliphatic carbocycles. The first-order valence-corrected chi connectivity index (χ1v) is 18.8. The van der Waals surface area contributed by atoms with E-state index in [2.05, 4.69) is 187 Å². The van der Waals surface area contributed by atoms with Gasteiger partial charge in [-0.3, -0.25) is 0 Å². The lowest BCUT2D eigenvalue weighted by Gasteiger charge is -2.27. The minimum absolute atomic E-state index is 0.874. The molecule has 0 spiro atoms. The van der Waals surface area contributed by atoms with Crippen molar-refractivity contribution in [3.8, 4) is 22.3 Å². The van der Waals surface area contributed by atoms with E-state index in [-0.39, 0.29) is 0 Å². The van der Waals surface area contributed by atoms with Crippen molar-refractivity contribution in [1.29, 1.82) is 0 Å². The number of thiophene rings is 1. The Balaban J connectivity index is 1.23. The minimum atomic E-state index is 0.874. The molecule has 0 aliphatic rings. The summed E-state index contributed by atoms with van der Waals surface area (Å²) in [6.45, 7) is 0. The zero-order chi connectivity index (χ0) is 34.9. The minimum Gasteiger partial charge on any atom is -0.454 e. The maximum absolute atomic E-state index is 6.75. The Labute approximate surface area is 310 Å². The van der Waals surface area contributed by atoms with Crippen molar-refractivity contribution < 1.29 is 4.42 Å². The smallest absolute Gasteiger partial charge is 0.159 e. The maximum atomic E-state index is 6.75. The van der Waals surface area contributed by atoms with Gasteiger partial charge in [-0.15, -0.1) is 11.3 Å².